The minimum Gasteiger partial charge on any atom is -0.496 e. The van der Waals surface area contributed by atoms with Crippen molar-refractivity contribution in [2.75, 3.05) is 50.6 Å². The van der Waals surface area contributed by atoms with Gasteiger partial charge >= 0.3 is 0 Å². The van der Waals surface area contributed by atoms with Gasteiger partial charge in [0.2, 0.25) is 5.91 Å². The van der Waals surface area contributed by atoms with Crippen LogP contribution < -0.4 is 15.0 Å². The average molecular weight is 365 g/mol. The number of piperazine rings is 1. The smallest absolute Gasteiger partial charge is 0.248 e. The van der Waals surface area contributed by atoms with Crippen molar-refractivity contribution in [3.8, 4) is 5.75 Å². The number of anilines is 2. The van der Waals surface area contributed by atoms with Gasteiger partial charge in [-0.25, -0.2) is 0 Å². The molecule has 1 fully saturated rings. The van der Waals surface area contributed by atoms with E-state index in [1.807, 2.05) is 37.3 Å². The molecule has 0 aromatic heterocycles. The number of rotatable bonds is 5. The number of likely N-dealkylation sites (N-methyl/N-ethyl adjacent to an activating group) is 1. The molecule has 3 rings (SSSR count). The van der Waals surface area contributed by atoms with E-state index in [0.717, 1.165) is 48.7 Å². The van der Waals surface area contributed by atoms with Gasteiger partial charge in [-0.2, -0.15) is 0 Å². The van der Waals surface area contributed by atoms with Crippen molar-refractivity contribution >= 4 is 23.4 Å². The Labute approximate surface area is 161 Å². The van der Waals surface area contributed by atoms with Gasteiger partial charge < -0.3 is 19.9 Å². The highest BCUT2D eigenvalue weighted by Crippen LogP contribution is 2.24. The standard InChI is InChI=1S/C22H27N3O2/c1-17-16-19(25-14-12-24(2)13-15-25)9-10-20(17)23-22(26)11-8-18-6-4-5-7-21(18)27-3/h4-11,16H,12-15H2,1-3H3,(H,23,26)/b11-8+. The Kier molecular flexibility index (Phi) is 6.14. The topological polar surface area (TPSA) is 44.8 Å². The predicted octanol–water partition coefficient (Wildman–Crippen LogP) is 3.41. The van der Waals surface area contributed by atoms with Crippen LogP contribution in [0.3, 0.4) is 0 Å². The number of nitrogens with one attached hydrogen (secondary N) is 1. The maximum absolute atomic E-state index is 12.3. The van der Waals surface area contributed by atoms with E-state index < -0.39 is 0 Å². The number of amides is 1. The Morgan fingerprint density at radius 3 is 2.56 bits per heavy atom. The second kappa shape index (κ2) is 8.73. The molecule has 0 spiro atoms. The monoisotopic (exact) mass is 365 g/mol. The third-order valence-electron chi connectivity index (χ3n) is 4.89. The highest BCUT2D eigenvalue weighted by Gasteiger charge is 2.15. The molecule has 1 amide bonds. The molecule has 1 aliphatic heterocycles. The fraction of sp³-hybridized carbons (Fsp3) is 0.318. The van der Waals surface area contributed by atoms with Crippen LogP contribution in [0, 0.1) is 6.92 Å². The van der Waals surface area contributed by atoms with E-state index in [9.17, 15) is 4.79 Å². The fourth-order valence-corrected chi connectivity index (χ4v) is 3.19. The zero-order valence-electron chi connectivity index (χ0n) is 16.2. The average Bonchev–Trinajstić information content (AvgIpc) is 2.69. The summed E-state index contributed by atoms with van der Waals surface area (Å²) in [6.45, 7) is 6.24. The molecule has 0 aliphatic carbocycles. The van der Waals surface area contributed by atoms with Crippen LogP contribution in [0.15, 0.2) is 48.5 Å². The van der Waals surface area contributed by atoms with Gasteiger partial charge in [-0.3, -0.25) is 4.79 Å². The Morgan fingerprint density at radius 2 is 1.85 bits per heavy atom. The number of methoxy groups -OCH3 is 1. The zero-order valence-corrected chi connectivity index (χ0v) is 16.2. The van der Waals surface area contributed by atoms with Crippen LogP contribution in [-0.4, -0.2) is 51.1 Å². The van der Waals surface area contributed by atoms with E-state index in [0.29, 0.717) is 0 Å². The van der Waals surface area contributed by atoms with E-state index in [4.69, 9.17) is 4.74 Å². The lowest BCUT2D eigenvalue weighted by atomic mass is 10.1. The highest BCUT2D eigenvalue weighted by atomic mass is 16.5. The number of hydrogen-bond acceptors (Lipinski definition) is 4. The van der Waals surface area contributed by atoms with Gasteiger partial charge in [-0.05, 0) is 49.9 Å². The molecule has 0 atom stereocenters. The molecule has 5 nitrogen and oxygen atoms in total. The molecule has 142 valence electrons. The van der Waals surface area contributed by atoms with E-state index >= 15 is 0 Å². The van der Waals surface area contributed by atoms with Crippen LogP contribution in [0.25, 0.3) is 6.08 Å². The van der Waals surface area contributed by atoms with Crippen LogP contribution in [-0.2, 0) is 4.79 Å². The first-order chi connectivity index (χ1) is 13.1. The molecule has 0 saturated carbocycles. The lowest BCUT2D eigenvalue weighted by Crippen LogP contribution is -2.44. The van der Waals surface area contributed by atoms with Crippen molar-refractivity contribution in [1.82, 2.24) is 4.90 Å². The number of ether oxygens (including phenoxy) is 1. The number of nitrogens with zero attached hydrogens (tertiary/aromatic N) is 2. The Bertz CT molecular complexity index is 824. The summed E-state index contributed by atoms with van der Waals surface area (Å²) in [5.74, 6) is 0.589. The van der Waals surface area contributed by atoms with Crippen LogP contribution in [0.1, 0.15) is 11.1 Å². The lowest BCUT2D eigenvalue weighted by molar-refractivity contribution is -0.111. The number of aryl methyl sites for hydroxylation is 1. The lowest BCUT2D eigenvalue weighted by Gasteiger charge is -2.34. The first kappa shape index (κ1) is 19.0. The molecule has 1 N–H and O–H groups in total. The Balaban J connectivity index is 1.65. The second-order valence-corrected chi connectivity index (χ2v) is 6.85. The van der Waals surface area contributed by atoms with Crippen molar-refractivity contribution in [2.45, 2.75) is 6.92 Å². The molecular weight excluding hydrogens is 338 g/mol. The molecule has 27 heavy (non-hydrogen) atoms. The fourth-order valence-electron chi connectivity index (χ4n) is 3.19. The van der Waals surface area contributed by atoms with Crippen molar-refractivity contribution in [1.29, 1.82) is 0 Å². The summed E-state index contributed by atoms with van der Waals surface area (Å²) in [7, 11) is 3.78. The second-order valence-electron chi connectivity index (χ2n) is 6.85. The van der Waals surface area contributed by atoms with Crippen LogP contribution in [0.5, 0.6) is 5.75 Å². The van der Waals surface area contributed by atoms with E-state index in [2.05, 4.69) is 34.3 Å². The molecule has 2 aromatic rings. The van der Waals surface area contributed by atoms with Crippen molar-refractivity contribution in [3.05, 3.63) is 59.7 Å². The molecule has 1 saturated heterocycles. The first-order valence-corrected chi connectivity index (χ1v) is 9.23. The highest BCUT2D eigenvalue weighted by molar-refractivity contribution is 6.02. The van der Waals surface area contributed by atoms with Gasteiger partial charge in [0, 0.05) is 49.2 Å². The summed E-state index contributed by atoms with van der Waals surface area (Å²) >= 11 is 0. The molecule has 1 aliphatic rings. The van der Waals surface area contributed by atoms with Gasteiger partial charge in [0.15, 0.2) is 0 Å². The quantitative estimate of drug-likeness (QED) is 0.825. The van der Waals surface area contributed by atoms with Gasteiger partial charge in [-0.15, -0.1) is 0 Å². The third-order valence-corrected chi connectivity index (χ3v) is 4.89. The maximum Gasteiger partial charge on any atom is 0.248 e. The minimum absolute atomic E-state index is 0.156. The normalized spacial score (nSPS) is 15.1. The van der Waals surface area contributed by atoms with Gasteiger partial charge in [0.1, 0.15) is 5.75 Å². The number of carbonyl (C=O) groups excluding carboxylic acids is 1. The van der Waals surface area contributed by atoms with Crippen molar-refractivity contribution in [2.24, 2.45) is 0 Å². The molecule has 5 heteroatoms. The van der Waals surface area contributed by atoms with E-state index in [-0.39, 0.29) is 5.91 Å². The number of para-hydroxylation sites is 1. The minimum atomic E-state index is -0.156. The van der Waals surface area contributed by atoms with Crippen LogP contribution >= 0.6 is 0 Å². The van der Waals surface area contributed by atoms with Crippen LogP contribution in [0.2, 0.25) is 0 Å². The molecule has 2 aromatic carbocycles. The Morgan fingerprint density at radius 1 is 1.11 bits per heavy atom. The van der Waals surface area contributed by atoms with E-state index in [1.54, 1.807) is 13.2 Å². The largest absolute Gasteiger partial charge is 0.496 e. The molecule has 0 radical (unpaired) electrons. The summed E-state index contributed by atoms with van der Waals surface area (Å²) in [5.41, 5.74) is 3.98. The SMILES string of the molecule is COc1ccccc1/C=C/C(=O)Nc1ccc(N2CCN(C)CC2)cc1C. The van der Waals surface area contributed by atoms with Crippen LogP contribution in [0.4, 0.5) is 11.4 Å². The Hall–Kier alpha value is -2.79. The summed E-state index contributed by atoms with van der Waals surface area (Å²) in [4.78, 5) is 17.0. The molecule has 0 unspecified atom stereocenters. The number of hydrogen-bond donors (Lipinski definition) is 1. The number of carbonyl (C=O) groups is 1. The van der Waals surface area contributed by atoms with E-state index in [1.165, 1.54) is 11.8 Å². The summed E-state index contributed by atoms with van der Waals surface area (Å²) in [6.07, 6.45) is 3.30. The van der Waals surface area contributed by atoms with Gasteiger partial charge in [0.05, 0.1) is 7.11 Å². The first-order valence-electron chi connectivity index (χ1n) is 9.23. The summed E-state index contributed by atoms with van der Waals surface area (Å²) < 4.78 is 5.30. The third kappa shape index (κ3) is 4.89. The molecule has 1 heterocycles. The van der Waals surface area contributed by atoms with Crippen molar-refractivity contribution in [3.63, 3.8) is 0 Å². The zero-order chi connectivity index (χ0) is 19.2. The predicted molar refractivity (Wildman–Crippen MR) is 112 cm³/mol. The summed E-state index contributed by atoms with van der Waals surface area (Å²) in [6, 6.07) is 13.8. The molecule has 0 bridgehead atoms. The number of benzene rings is 2. The summed E-state index contributed by atoms with van der Waals surface area (Å²) in [5, 5.41) is 2.96. The van der Waals surface area contributed by atoms with Gasteiger partial charge in [0.25, 0.3) is 0 Å². The van der Waals surface area contributed by atoms with Gasteiger partial charge in [-0.1, -0.05) is 18.2 Å². The van der Waals surface area contributed by atoms with Crippen molar-refractivity contribution < 1.29 is 9.53 Å². The molecular formula is C22H27N3O2. The maximum atomic E-state index is 12.3.